The molecule has 0 atom stereocenters. The molecule has 0 aromatic heterocycles. The minimum atomic E-state index is 0.364. The smallest absolute Gasteiger partial charge is 0.231 e. The van der Waals surface area contributed by atoms with Crippen LogP contribution in [-0.4, -0.2) is 6.79 Å². The highest BCUT2D eigenvalue weighted by molar-refractivity contribution is 5.51. The molecule has 78 valence electrons. The van der Waals surface area contributed by atoms with E-state index in [0.717, 1.165) is 17.9 Å². The summed E-state index contributed by atoms with van der Waals surface area (Å²) in [6.45, 7) is 8.58. The monoisotopic (exact) mass is 194 g/mol. The van der Waals surface area contributed by atoms with Gasteiger partial charge in [0.25, 0.3) is 0 Å². The SMILES string of the molecule is CC.CCc1ccc2c(c1C)OCO2. The van der Waals surface area contributed by atoms with Gasteiger partial charge in [0.05, 0.1) is 0 Å². The first kappa shape index (κ1) is 10.9. The first-order valence-corrected chi connectivity index (χ1v) is 5.21. The molecule has 1 heterocycles. The van der Waals surface area contributed by atoms with Gasteiger partial charge in [0.2, 0.25) is 6.79 Å². The van der Waals surface area contributed by atoms with Gasteiger partial charge in [0, 0.05) is 0 Å². The number of benzene rings is 1. The molecular weight excluding hydrogens is 176 g/mol. The van der Waals surface area contributed by atoms with E-state index in [1.54, 1.807) is 0 Å². The standard InChI is InChI=1S/C10H12O2.C2H6/c1-3-8-4-5-9-10(7(8)2)12-6-11-9;1-2/h4-5H,3,6H2,1-2H3;1-2H3. The van der Waals surface area contributed by atoms with Crippen LogP contribution >= 0.6 is 0 Å². The molecule has 1 aliphatic heterocycles. The lowest BCUT2D eigenvalue weighted by Gasteiger charge is -2.05. The zero-order chi connectivity index (χ0) is 10.6. The van der Waals surface area contributed by atoms with Gasteiger partial charge < -0.3 is 9.47 Å². The predicted molar refractivity (Wildman–Crippen MR) is 58.0 cm³/mol. The lowest BCUT2D eigenvalue weighted by Crippen LogP contribution is -1.94. The fourth-order valence-electron chi connectivity index (χ4n) is 1.54. The van der Waals surface area contributed by atoms with Crippen molar-refractivity contribution < 1.29 is 9.47 Å². The Morgan fingerprint density at radius 1 is 1.21 bits per heavy atom. The third-order valence-electron chi connectivity index (χ3n) is 2.28. The van der Waals surface area contributed by atoms with Crippen LogP contribution in [0.5, 0.6) is 11.5 Å². The maximum absolute atomic E-state index is 5.35. The van der Waals surface area contributed by atoms with Crippen molar-refractivity contribution >= 4 is 0 Å². The molecule has 1 aromatic rings. The average molecular weight is 194 g/mol. The first-order chi connectivity index (χ1) is 6.83. The van der Waals surface area contributed by atoms with Crippen LogP contribution in [0.3, 0.4) is 0 Å². The number of fused-ring (bicyclic) bond motifs is 1. The lowest BCUT2D eigenvalue weighted by atomic mass is 10.1. The van der Waals surface area contributed by atoms with E-state index in [1.807, 2.05) is 19.9 Å². The van der Waals surface area contributed by atoms with E-state index in [0.29, 0.717) is 6.79 Å². The quantitative estimate of drug-likeness (QED) is 0.682. The summed E-state index contributed by atoms with van der Waals surface area (Å²) in [5.74, 6) is 1.80. The largest absolute Gasteiger partial charge is 0.454 e. The molecule has 0 aliphatic carbocycles. The van der Waals surface area contributed by atoms with Crippen LogP contribution in [-0.2, 0) is 6.42 Å². The molecule has 14 heavy (non-hydrogen) atoms. The van der Waals surface area contributed by atoms with Crippen molar-refractivity contribution in [3.8, 4) is 11.5 Å². The summed E-state index contributed by atoms with van der Waals surface area (Å²) in [5, 5.41) is 0. The van der Waals surface area contributed by atoms with Crippen molar-refractivity contribution in [1.82, 2.24) is 0 Å². The van der Waals surface area contributed by atoms with E-state index in [9.17, 15) is 0 Å². The highest BCUT2D eigenvalue weighted by Crippen LogP contribution is 2.36. The van der Waals surface area contributed by atoms with E-state index < -0.39 is 0 Å². The Balaban J connectivity index is 0.000000461. The maximum atomic E-state index is 5.35. The molecule has 0 saturated carbocycles. The van der Waals surface area contributed by atoms with Crippen molar-refractivity contribution in [1.29, 1.82) is 0 Å². The van der Waals surface area contributed by atoms with Gasteiger partial charge in [-0.1, -0.05) is 26.8 Å². The maximum Gasteiger partial charge on any atom is 0.231 e. The van der Waals surface area contributed by atoms with Gasteiger partial charge in [-0.05, 0) is 30.5 Å². The average Bonchev–Trinajstić information content (AvgIpc) is 2.70. The molecule has 1 aromatic carbocycles. The third kappa shape index (κ3) is 1.84. The van der Waals surface area contributed by atoms with Gasteiger partial charge in [0.1, 0.15) is 0 Å². The van der Waals surface area contributed by atoms with Crippen LogP contribution in [0.1, 0.15) is 31.9 Å². The molecule has 0 fully saturated rings. The molecular formula is C12H18O2. The van der Waals surface area contributed by atoms with E-state index >= 15 is 0 Å². The fraction of sp³-hybridized carbons (Fsp3) is 0.500. The molecule has 0 spiro atoms. The van der Waals surface area contributed by atoms with Crippen LogP contribution in [0.2, 0.25) is 0 Å². The molecule has 0 radical (unpaired) electrons. The molecule has 0 saturated heterocycles. The van der Waals surface area contributed by atoms with E-state index in [-0.39, 0.29) is 0 Å². The predicted octanol–water partition coefficient (Wildman–Crippen LogP) is 3.31. The molecule has 2 rings (SSSR count). The van der Waals surface area contributed by atoms with Crippen LogP contribution in [0.15, 0.2) is 12.1 Å². The van der Waals surface area contributed by atoms with Crippen molar-refractivity contribution in [2.24, 2.45) is 0 Å². The van der Waals surface area contributed by atoms with Crippen molar-refractivity contribution in [2.45, 2.75) is 34.1 Å². The van der Waals surface area contributed by atoms with Gasteiger partial charge in [-0.3, -0.25) is 0 Å². The van der Waals surface area contributed by atoms with Gasteiger partial charge in [-0.2, -0.15) is 0 Å². The third-order valence-corrected chi connectivity index (χ3v) is 2.28. The normalized spacial score (nSPS) is 12.0. The van der Waals surface area contributed by atoms with Crippen molar-refractivity contribution in [3.63, 3.8) is 0 Å². The summed E-state index contributed by atoms with van der Waals surface area (Å²) in [6.07, 6.45) is 1.04. The Morgan fingerprint density at radius 2 is 1.93 bits per heavy atom. The van der Waals surface area contributed by atoms with Crippen LogP contribution in [0.25, 0.3) is 0 Å². The molecule has 2 nitrogen and oxygen atoms in total. The minimum absolute atomic E-state index is 0.364. The first-order valence-electron chi connectivity index (χ1n) is 5.21. The summed E-state index contributed by atoms with van der Waals surface area (Å²) in [5.41, 5.74) is 2.55. The number of hydrogen-bond donors (Lipinski definition) is 0. The molecule has 0 bridgehead atoms. The highest BCUT2D eigenvalue weighted by Gasteiger charge is 2.16. The Hall–Kier alpha value is -1.18. The number of hydrogen-bond acceptors (Lipinski definition) is 2. The summed E-state index contributed by atoms with van der Waals surface area (Å²) >= 11 is 0. The van der Waals surface area contributed by atoms with Gasteiger partial charge in [-0.25, -0.2) is 0 Å². The summed E-state index contributed by atoms with van der Waals surface area (Å²) in [6, 6.07) is 4.08. The molecule has 0 unspecified atom stereocenters. The Kier molecular flexibility index (Phi) is 3.81. The molecule has 2 heteroatoms. The highest BCUT2D eigenvalue weighted by atomic mass is 16.7. The summed E-state index contributed by atoms with van der Waals surface area (Å²) in [7, 11) is 0. The zero-order valence-electron chi connectivity index (χ0n) is 9.39. The van der Waals surface area contributed by atoms with Gasteiger partial charge >= 0.3 is 0 Å². The van der Waals surface area contributed by atoms with E-state index in [2.05, 4.69) is 19.9 Å². The Labute approximate surface area is 85.8 Å². The molecule has 1 aliphatic rings. The van der Waals surface area contributed by atoms with Crippen LogP contribution < -0.4 is 9.47 Å². The minimum Gasteiger partial charge on any atom is -0.454 e. The zero-order valence-corrected chi connectivity index (χ0v) is 9.39. The second-order valence-corrected chi connectivity index (χ2v) is 2.94. The summed E-state index contributed by atoms with van der Waals surface area (Å²) < 4.78 is 10.6. The topological polar surface area (TPSA) is 18.5 Å². The second-order valence-electron chi connectivity index (χ2n) is 2.94. The van der Waals surface area contributed by atoms with Gasteiger partial charge in [-0.15, -0.1) is 0 Å². The number of rotatable bonds is 1. The van der Waals surface area contributed by atoms with Gasteiger partial charge in [0.15, 0.2) is 11.5 Å². The fourth-order valence-corrected chi connectivity index (χ4v) is 1.54. The van der Waals surface area contributed by atoms with Crippen molar-refractivity contribution in [2.75, 3.05) is 6.79 Å². The summed E-state index contributed by atoms with van der Waals surface area (Å²) in [4.78, 5) is 0. The molecule has 0 amide bonds. The molecule has 0 N–H and O–H groups in total. The lowest BCUT2D eigenvalue weighted by molar-refractivity contribution is 0.173. The number of ether oxygens (including phenoxy) is 2. The van der Waals surface area contributed by atoms with Crippen LogP contribution in [0.4, 0.5) is 0 Å². The van der Waals surface area contributed by atoms with Crippen molar-refractivity contribution in [3.05, 3.63) is 23.3 Å². The van der Waals surface area contributed by atoms with E-state index in [1.165, 1.54) is 11.1 Å². The Bertz CT molecular complexity index is 305. The van der Waals surface area contributed by atoms with Crippen LogP contribution in [0, 0.1) is 6.92 Å². The van der Waals surface area contributed by atoms with E-state index in [4.69, 9.17) is 9.47 Å². The number of aryl methyl sites for hydroxylation is 1. The Morgan fingerprint density at radius 3 is 2.57 bits per heavy atom. The second kappa shape index (κ2) is 4.89.